The van der Waals surface area contributed by atoms with Crippen molar-refractivity contribution in [1.82, 2.24) is 4.98 Å². The molecule has 6 heteroatoms. The van der Waals surface area contributed by atoms with Crippen molar-refractivity contribution < 1.29 is 14.3 Å². The molecule has 5 nitrogen and oxygen atoms in total. The highest BCUT2D eigenvalue weighted by molar-refractivity contribution is 7.13. The average Bonchev–Trinajstić information content (AvgIpc) is 2.77. The van der Waals surface area contributed by atoms with Gasteiger partial charge in [0.25, 0.3) is 5.91 Å². The molecule has 1 heterocycles. The molecule has 0 fully saturated rings. The predicted molar refractivity (Wildman–Crippen MR) is 77.3 cm³/mol. The number of hydrogen-bond donors (Lipinski definition) is 1. The molecule has 0 aliphatic heterocycles. The second-order valence-electron chi connectivity index (χ2n) is 4.14. The van der Waals surface area contributed by atoms with Gasteiger partial charge in [0.2, 0.25) is 0 Å². The summed E-state index contributed by atoms with van der Waals surface area (Å²) in [6.45, 7) is 3.63. The highest BCUT2D eigenvalue weighted by Gasteiger charge is 2.17. The van der Waals surface area contributed by atoms with Gasteiger partial charge in [-0.05, 0) is 26.0 Å². The summed E-state index contributed by atoms with van der Waals surface area (Å²) in [6.07, 6.45) is 0. The molecule has 0 atom stereocenters. The highest BCUT2D eigenvalue weighted by Crippen LogP contribution is 2.21. The summed E-state index contributed by atoms with van der Waals surface area (Å²) < 4.78 is 4.69. The van der Waals surface area contributed by atoms with E-state index in [0.29, 0.717) is 21.8 Å². The monoisotopic (exact) mass is 290 g/mol. The van der Waals surface area contributed by atoms with Crippen molar-refractivity contribution in [3.05, 3.63) is 45.4 Å². The van der Waals surface area contributed by atoms with Gasteiger partial charge in [0.1, 0.15) is 4.88 Å². The number of amides is 1. The molecule has 2 rings (SSSR count). The maximum absolute atomic E-state index is 12.2. The lowest BCUT2D eigenvalue weighted by atomic mass is 10.1. The molecule has 1 N–H and O–H groups in total. The van der Waals surface area contributed by atoms with Crippen LogP contribution in [-0.4, -0.2) is 24.0 Å². The third-order valence-electron chi connectivity index (χ3n) is 2.69. The number of carbonyl (C=O) groups is 2. The number of esters is 1. The third kappa shape index (κ3) is 2.85. The molecular weight excluding hydrogens is 276 g/mol. The molecule has 0 bridgehead atoms. The van der Waals surface area contributed by atoms with Crippen LogP contribution >= 0.6 is 11.3 Å². The Morgan fingerprint density at radius 1 is 1.25 bits per heavy atom. The zero-order chi connectivity index (χ0) is 14.7. The fourth-order valence-electron chi connectivity index (χ4n) is 1.80. The van der Waals surface area contributed by atoms with Crippen LogP contribution in [0.2, 0.25) is 0 Å². The van der Waals surface area contributed by atoms with Gasteiger partial charge in [-0.25, -0.2) is 9.78 Å². The molecule has 0 radical (unpaired) electrons. The van der Waals surface area contributed by atoms with Crippen LogP contribution in [0.15, 0.2) is 24.3 Å². The smallest absolute Gasteiger partial charge is 0.339 e. The number of hydrogen-bond acceptors (Lipinski definition) is 5. The van der Waals surface area contributed by atoms with Crippen LogP contribution in [-0.2, 0) is 4.74 Å². The van der Waals surface area contributed by atoms with Crippen LogP contribution < -0.4 is 5.32 Å². The first-order chi connectivity index (χ1) is 9.52. The first kappa shape index (κ1) is 14.2. The van der Waals surface area contributed by atoms with Crippen molar-refractivity contribution in [2.45, 2.75) is 13.8 Å². The fourth-order valence-corrected chi connectivity index (χ4v) is 2.62. The lowest BCUT2D eigenvalue weighted by molar-refractivity contribution is 0.0602. The number of nitrogens with zero attached hydrogens (tertiary/aromatic N) is 1. The van der Waals surface area contributed by atoms with Gasteiger partial charge >= 0.3 is 5.97 Å². The predicted octanol–water partition coefficient (Wildman–Crippen LogP) is 2.80. The van der Waals surface area contributed by atoms with Crippen LogP contribution in [0.25, 0.3) is 0 Å². The van der Waals surface area contributed by atoms with E-state index < -0.39 is 5.97 Å². The van der Waals surface area contributed by atoms with E-state index in [-0.39, 0.29) is 5.91 Å². The van der Waals surface area contributed by atoms with Crippen molar-refractivity contribution in [3.8, 4) is 0 Å². The van der Waals surface area contributed by atoms with Gasteiger partial charge in [-0.1, -0.05) is 12.1 Å². The Kier molecular flexibility index (Phi) is 4.14. The van der Waals surface area contributed by atoms with E-state index in [1.165, 1.54) is 18.4 Å². The number of ether oxygens (including phenoxy) is 1. The molecule has 2 aromatic rings. The van der Waals surface area contributed by atoms with Gasteiger partial charge in [-0.2, -0.15) is 0 Å². The van der Waals surface area contributed by atoms with Gasteiger partial charge in [0.15, 0.2) is 0 Å². The van der Waals surface area contributed by atoms with E-state index in [0.717, 1.165) is 5.01 Å². The van der Waals surface area contributed by atoms with Crippen LogP contribution in [0, 0.1) is 13.8 Å². The first-order valence-electron chi connectivity index (χ1n) is 5.95. The molecule has 0 unspecified atom stereocenters. The minimum absolute atomic E-state index is 0.274. The summed E-state index contributed by atoms with van der Waals surface area (Å²) >= 11 is 1.32. The molecule has 1 aromatic carbocycles. The number of aryl methyl sites for hydroxylation is 2. The number of aromatic nitrogens is 1. The number of anilines is 1. The molecular formula is C14H14N2O3S. The van der Waals surface area contributed by atoms with E-state index in [4.69, 9.17) is 4.74 Å². The Labute approximate surface area is 120 Å². The minimum Gasteiger partial charge on any atom is -0.465 e. The second-order valence-corrected chi connectivity index (χ2v) is 5.34. The van der Waals surface area contributed by atoms with E-state index in [2.05, 4.69) is 10.3 Å². The number of para-hydroxylation sites is 1. The van der Waals surface area contributed by atoms with Crippen LogP contribution in [0.1, 0.15) is 30.7 Å². The average molecular weight is 290 g/mol. The van der Waals surface area contributed by atoms with E-state index in [1.807, 2.05) is 6.92 Å². The van der Waals surface area contributed by atoms with E-state index in [1.54, 1.807) is 31.2 Å². The Balaban J connectivity index is 2.29. The molecule has 104 valence electrons. The normalized spacial score (nSPS) is 10.2. The Morgan fingerprint density at radius 2 is 1.95 bits per heavy atom. The van der Waals surface area contributed by atoms with Crippen molar-refractivity contribution in [2.24, 2.45) is 0 Å². The number of carbonyl (C=O) groups excluding carboxylic acids is 2. The van der Waals surface area contributed by atoms with Crippen molar-refractivity contribution in [2.75, 3.05) is 12.4 Å². The van der Waals surface area contributed by atoms with E-state index in [9.17, 15) is 9.59 Å². The largest absolute Gasteiger partial charge is 0.465 e. The Morgan fingerprint density at radius 3 is 2.55 bits per heavy atom. The number of benzene rings is 1. The summed E-state index contributed by atoms with van der Waals surface area (Å²) in [5.74, 6) is -0.762. The number of methoxy groups -OCH3 is 1. The standard InChI is InChI=1S/C14H14N2O3S/c1-8-12(20-9(2)15-8)13(17)16-11-7-5-4-6-10(11)14(18)19-3/h4-7H,1-3H3,(H,16,17). The molecule has 0 spiro atoms. The molecule has 20 heavy (non-hydrogen) atoms. The van der Waals surface area contributed by atoms with Gasteiger partial charge in [0.05, 0.1) is 29.1 Å². The molecule has 0 aliphatic rings. The Bertz CT molecular complexity index is 664. The lowest BCUT2D eigenvalue weighted by Crippen LogP contribution is -2.15. The zero-order valence-electron chi connectivity index (χ0n) is 11.4. The minimum atomic E-state index is -0.488. The zero-order valence-corrected chi connectivity index (χ0v) is 12.2. The van der Waals surface area contributed by atoms with Crippen LogP contribution in [0.5, 0.6) is 0 Å². The fraction of sp³-hybridized carbons (Fsp3) is 0.214. The Hall–Kier alpha value is -2.21. The number of thiazole rings is 1. The van der Waals surface area contributed by atoms with E-state index >= 15 is 0 Å². The molecule has 1 aromatic heterocycles. The van der Waals surface area contributed by atoms with Gasteiger partial charge in [-0.3, -0.25) is 4.79 Å². The quantitative estimate of drug-likeness (QED) is 0.883. The third-order valence-corrected chi connectivity index (χ3v) is 3.76. The number of rotatable bonds is 3. The maximum atomic E-state index is 12.2. The molecule has 1 amide bonds. The summed E-state index contributed by atoms with van der Waals surface area (Å²) in [7, 11) is 1.30. The lowest BCUT2D eigenvalue weighted by Gasteiger charge is -2.08. The summed E-state index contributed by atoms with van der Waals surface area (Å²) in [4.78, 5) is 28.6. The second kappa shape index (κ2) is 5.83. The van der Waals surface area contributed by atoms with Gasteiger partial charge in [-0.15, -0.1) is 11.3 Å². The van der Waals surface area contributed by atoms with Crippen molar-refractivity contribution in [3.63, 3.8) is 0 Å². The first-order valence-corrected chi connectivity index (χ1v) is 6.77. The van der Waals surface area contributed by atoms with Crippen LogP contribution in [0.3, 0.4) is 0 Å². The SMILES string of the molecule is COC(=O)c1ccccc1NC(=O)c1sc(C)nc1C. The highest BCUT2D eigenvalue weighted by atomic mass is 32.1. The molecule has 0 saturated heterocycles. The topological polar surface area (TPSA) is 68.3 Å². The summed E-state index contributed by atoms with van der Waals surface area (Å²) in [5, 5.41) is 3.55. The summed E-state index contributed by atoms with van der Waals surface area (Å²) in [5.41, 5.74) is 1.43. The maximum Gasteiger partial charge on any atom is 0.339 e. The van der Waals surface area contributed by atoms with Crippen molar-refractivity contribution in [1.29, 1.82) is 0 Å². The summed E-state index contributed by atoms with van der Waals surface area (Å²) in [6, 6.07) is 6.72. The number of nitrogens with one attached hydrogen (secondary N) is 1. The van der Waals surface area contributed by atoms with Crippen molar-refractivity contribution >= 4 is 28.9 Å². The van der Waals surface area contributed by atoms with Crippen LogP contribution in [0.4, 0.5) is 5.69 Å². The van der Waals surface area contributed by atoms with Gasteiger partial charge in [0, 0.05) is 0 Å². The van der Waals surface area contributed by atoms with Gasteiger partial charge < -0.3 is 10.1 Å². The molecule has 0 aliphatic carbocycles. The molecule has 0 saturated carbocycles.